The zero-order valence-corrected chi connectivity index (χ0v) is 14.2. The summed E-state index contributed by atoms with van der Waals surface area (Å²) in [7, 11) is 0. The largest absolute Gasteiger partial charge is 0.416 e. The Morgan fingerprint density at radius 2 is 1.88 bits per heavy atom. The maximum atomic E-state index is 12.5. The smallest absolute Gasteiger partial charge is 0.339 e. The van der Waals surface area contributed by atoms with E-state index in [-0.39, 0.29) is 11.8 Å². The average molecular weight is 365 g/mol. The average Bonchev–Trinajstić information content (AvgIpc) is 3.06. The van der Waals surface area contributed by atoms with Gasteiger partial charge in [-0.1, -0.05) is 17.3 Å². The van der Waals surface area contributed by atoms with Crippen LogP contribution < -0.4 is 0 Å². The first kappa shape index (κ1) is 18.2. The zero-order chi connectivity index (χ0) is 18.7. The fourth-order valence-corrected chi connectivity index (χ4v) is 2.88. The third kappa shape index (κ3) is 4.30. The summed E-state index contributed by atoms with van der Waals surface area (Å²) in [5, 5.41) is 3.78. The van der Waals surface area contributed by atoms with Crippen molar-refractivity contribution in [3.63, 3.8) is 0 Å². The molecule has 0 aliphatic carbocycles. The minimum atomic E-state index is -4.36. The Balaban J connectivity index is 1.54. The maximum Gasteiger partial charge on any atom is 0.416 e. The van der Waals surface area contributed by atoms with E-state index in [0.717, 1.165) is 25.0 Å². The predicted octanol–water partition coefficient (Wildman–Crippen LogP) is 3.82. The van der Waals surface area contributed by atoms with Crippen LogP contribution in [0.4, 0.5) is 13.2 Å². The number of aryl methyl sites for hydroxylation is 1. The van der Waals surface area contributed by atoms with Crippen LogP contribution >= 0.6 is 0 Å². The van der Waals surface area contributed by atoms with E-state index < -0.39 is 11.7 Å². The lowest BCUT2D eigenvalue weighted by molar-refractivity contribution is -0.137. The highest BCUT2D eigenvalue weighted by Crippen LogP contribution is 2.29. The molecule has 1 aromatic heterocycles. The van der Waals surface area contributed by atoms with E-state index in [2.05, 4.69) is 10.1 Å². The molecule has 1 fully saturated rings. The highest BCUT2D eigenvalue weighted by atomic mass is 19.4. The molecule has 0 radical (unpaired) electrons. The van der Waals surface area contributed by atoms with Crippen LogP contribution in [0.2, 0.25) is 0 Å². The lowest BCUT2D eigenvalue weighted by Gasteiger charge is -2.29. The predicted molar refractivity (Wildman–Crippen MR) is 88.1 cm³/mol. The number of benzene rings is 1. The van der Waals surface area contributed by atoms with Crippen molar-refractivity contribution in [3.05, 3.63) is 53.2 Å². The second-order valence-corrected chi connectivity index (χ2v) is 6.23. The fraction of sp³-hybridized carbons (Fsp3) is 0.389. The van der Waals surface area contributed by atoms with Crippen LogP contribution in [0.25, 0.3) is 6.08 Å². The van der Waals surface area contributed by atoms with E-state index in [1.807, 2.05) is 0 Å². The number of aromatic nitrogens is 2. The van der Waals surface area contributed by atoms with E-state index in [1.165, 1.54) is 24.3 Å². The lowest BCUT2D eigenvalue weighted by Crippen LogP contribution is -2.36. The minimum Gasteiger partial charge on any atom is -0.339 e. The molecule has 1 aromatic carbocycles. The van der Waals surface area contributed by atoms with Crippen LogP contribution in [0.15, 0.2) is 34.9 Å². The summed E-state index contributed by atoms with van der Waals surface area (Å²) in [6, 6.07) is 4.69. The molecule has 1 aliphatic rings. The fourth-order valence-electron chi connectivity index (χ4n) is 2.88. The van der Waals surface area contributed by atoms with Crippen LogP contribution in [-0.4, -0.2) is 34.0 Å². The molecular weight excluding hydrogens is 347 g/mol. The van der Waals surface area contributed by atoms with Gasteiger partial charge >= 0.3 is 6.18 Å². The standard InChI is InChI=1S/C18H18F3N3O2/c1-12-22-17(26-23-12)14-8-10-24(11-9-14)16(25)7-4-13-2-5-15(6-3-13)18(19,20)21/h2-7,14H,8-11H2,1H3. The quantitative estimate of drug-likeness (QED) is 0.776. The summed E-state index contributed by atoms with van der Waals surface area (Å²) in [6.07, 6.45) is 0.0258. The van der Waals surface area contributed by atoms with Crippen molar-refractivity contribution in [2.75, 3.05) is 13.1 Å². The lowest BCUT2D eigenvalue weighted by atomic mass is 9.96. The van der Waals surface area contributed by atoms with Gasteiger partial charge in [-0.15, -0.1) is 0 Å². The molecule has 5 nitrogen and oxygen atoms in total. The second-order valence-electron chi connectivity index (χ2n) is 6.23. The van der Waals surface area contributed by atoms with Crippen molar-refractivity contribution in [3.8, 4) is 0 Å². The highest BCUT2D eigenvalue weighted by Gasteiger charge is 2.30. The number of carbonyl (C=O) groups is 1. The number of hydrogen-bond donors (Lipinski definition) is 0. The van der Waals surface area contributed by atoms with Gasteiger partial charge in [-0.05, 0) is 43.5 Å². The molecule has 1 saturated heterocycles. The number of hydrogen-bond acceptors (Lipinski definition) is 4. The SMILES string of the molecule is Cc1noc(C2CCN(C(=O)C=Cc3ccc(C(F)(F)F)cc3)CC2)n1. The van der Waals surface area contributed by atoms with Gasteiger partial charge in [0.2, 0.25) is 11.8 Å². The van der Waals surface area contributed by atoms with Crippen molar-refractivity contribution in [2.45, 2.75) is 31.9 Å². The molecule has 8 heteroatoms. The Morgan fingerprint density at radius 3 is 2.42 bits per heavy atom. The minimum absolute atomic E-state index is 0.152. The van der Waals surface area contributed by atoms with Gasteiger partial charge in [-0.3, -0.25) is 4.79 Å². The molecule has 0 bridgehead atoms. The molecule has 0 N–H and O–H groups in total. The van der Waals surface area contributed by atoms with Crippen LogP contribution in [0.1, 0.15) is 41.6 Å². The summed E-state index contributed by atoms with van der Waals surface area (Å²) in [6.45, 7) is 2.91. The summed E-state index contributed by atoms with van der Waals surface area (Å²) in [5.41, 5.74) is -0.165. The Bertz CT molecular complexity index is 789. The van der Waals surface area contributed by atoms with Gasteiger partial charge in [-0.25, -0.2) is 0 Å². The number of alkyl halides is 3. The molecule has 1 aliphatic heterocycles. The molecule has 3 rings (SSSR count). The Kier molecular flexibility index (Phi) is 5.11. The van der Waals surface area contributed by atoms with Crippen molar-refractivity contribution in [1.29, 1.82) is 0 Å². The van der Waals surface area contributed by atoms with Crippen molar-refractivity contribution in [1.82, 2.24) is 15.0 Å². The van der Waals surface area contributed by atoms with Crippen molar-refractivity contribution in [2.24, 2.45) is 0 Å². The number of piperidine rings is 1. The number of amides is 1. The van der Waals surface area contributed by atoms with E-state index in [9.17, 15) is 18.0 Å². The van der Waals surface area contributed by atoms with Gasteiger partial charge < -0.3 is 9.42 Å². The Labute approximate surface area is 148 Å². The van der Waals surface area contributed by atoms with Gasteiger partial charge in [0.15, 0.2) is 5.82 Å². The monoisotopic (exact) mass is 365 g/mol. The van der Waals surface area contributed by atoms with E-state index >= 15 is 0 Å². The first-order chi connectivity index (χ1) is 12.3. The molecule has 1 amide bonds. The molecule has 0 unspecified atom stereocenters. The topological polar surface area (TPSA) is 59.2 Å². The zero-order valence-electron chi connectivity index (χ0n) is 14.2. The van der Waals surface area contributed by atoms with Gasteiger partial charge in [0.1, 0.15) is 0 Å². The second kappa shape index (κ2) is 7.31. The summed E-state index contributed by atoms with van der Waals surface area (Å²) in [4.78, 5) is 18.2. The molecule has 2 aromatic rings. The number of nitrogens with zero attached hydrogens (tertiary/aromatic N) is 3. The molecule has 26 heavy (non-hydrogen) atoms. The van der Waals surface area contributed by atoms with Crippen LogP contribution in [0.3, 0.4) is 0 Å². The summed E-state index contributed by atoms with van der Waals surface area (Å²) >= 11 is 0. The number of halogens is 3. The van der Waals surface area contributed by atoms with Crippen molar-refractivity contribution < 1.29 is 22.5 Å². The van der Waals surface area contributed by atoms with Crippen LogP contribution in [0.5, 0.6) is 0 Å². The third-order valence-electron chi connectivity index (χ3n) is 4.36. The molecule has 0 spiro atoms. The Morgan fingerprint density at radius 1 is 1.23 bits per heavy atom. The number of rotatable bonds is 3. The van der Waals surface area contributed by atoms with Crippen LogP contribution in [-0.2, 0) is 11.0 Å². The van der Waals surface area contributed by atoms with Crippen LogP contribution in [0, 0.1) is 6.92 Å². The normalized spacial score (nSPS) is 16.4. The molecule has 138 valence electrons. The van der Waals surface area contributed by atoms with E-state index in [1.54, 1.807) is 11.8 Å². The van der Waals surface area contributed by atoms with Gasteiger partial charge in [0.25, 0.3) is 0 Å². The van der Waals surface area contributed by atoms with Gasteiger partial charge in [0, 0.05) is 25.1 Å². The number of likely N-dealkylation sites (tertiary alicyclic amines) is 1. The first-order valence-electron chi connectivity index (χ1n) is 8.27. The Hall–Kier alpha value is -2.64. The molecule has 2 heterocycles. The number of carbonyl (C=O) groups excluding carboxylic acids is 1. The van der Waals surface area contributed by atoms with E-state index in [4.69, 9.17) is 4.52 Å². The highest BCUT2D eigenvalue weighted by molar-refractivity contribution is 5.91. The third-order valence-corrected chi connectivity index (χ3v) is 4.36. The summed E-state index contributed by atoms with van der Waals surface area (Å²) < 4.78 is 42.8. The summed E-state index contributed by atoms with van der Waals surface area (Å²) in [5.74, 6) is 1.19. The van der Waals surface area contributed by atoms with Gasteiger partial charge in [-0.2, -0.15) is 18.2 Å². The van der Waals surface area contributed by atoms with E-state index in [0.29, 0.717) is 30.4 Å². The first-order valence-corrected chi connectivity index (χ1v) is 8.27. The van der Waals surface area contributed by atoms with Gasteiger partial charge in [0.05, 0.1) is 5.56 Å². The maximum absolute atomic E-state index is 12.5. The molecule has 0 atom stereocenters. The molecule has 0 saturated carbocycles. The van der Waals surface area contributed by atoms with Crippen molar-refractivity contribution >= 4 is 12.0 Å². The molecular formula is C18H18F3N3O2.